The molecule has 10 nitrogen and oxygen atoms in total. The Balaban J connectivity index is 1.77. The Bertz CT molecular complexity index is 1060. The minimum atomic E-state index is -4.53. The average Bonchev–Trinajstić information content (AvgIpc) is 3.30. The van der Waals surface area contributed by atoms with Crippen molar-refractivity contribution in [1.29, 1.82) is 0 Å². The standard InChI is InChI=1S/C24H33F3N6O4/c1-16-12-32(17(2)14-34)22(35)8-5-9-33-20(11-28-30-33)15-37-21(16)13-31(3)23(36)29-19-7-4-6-18(10-19)24(25,26)27/h4,6-7,10-11,16-17,21,34H,5,8-9,12-15H2,1-3H3,(H,29,36)/t16-,17-,21+/m0/s1. The van der Waals surface area contributed by atoms with Crippen LogP contribution in [0.1, 0.15) is 37.9 Å². The molecule has 37 heavy (non-hydrogen) atoms. The van der Waals surface area contributed by atoms with Crippen LogP contribution in [0.15, 0.2) is 30.5 Å². The van der Waals surface area contributed by atoms with Crippen molar-refractivity contribution in [3.63, 3.8) is 0 Å². The number of anilines is 1. The molecule has 3 rings (SSSR count). The Hall–Kier alpha value is -3.19. The van der Waals surface area contributed by atoms with E-state index < -0.39 is 29.9 Å². The van der Waals surface area contributed by atoms with Gasteiger partial charge in [-0.3, -0.25) is 4.79 Å². The molecule has 0 radical (unpaired) electrons. The molecule has 3 atom stereocenters. The van der Waals surface area contributed by atoms with E-state index in [2.05, 4.69) is 15.6 Å². The highest BCUT2D eigenvalue weighted by molar-refractivity contribution is 5.89. The van der Waals surface area contributed by atoms with Gasteiger partial charge in [0.1, 0.15) is 0 Å². The number of hydrogen-bond acceptors (Lipinski definition) is 6. The van der Waals surface area contributed by atoms with E-state index in [9.17, 15) is 27.9 Å². The fourth-order valence-electron chi connectivity index (χ4n) is 4.09. The number of fused-ring (bicyclic) bond motifs is 1. The van der Waals surface area contributed by atoms with Crippen molar-refractivity contribution in [3.8, 4) is 0 Å². The van der Waals surface area contributed by atoms with Crippen LogP contribution in [0, 0.1) is 5.92 Å². The molecule has 204 valence electrons. The number of alkyl halides is 3. The fourth-order valence-corrected chi connectivity index (χ4v) is 4.09. The Morgan fingerprint density at radius 1 is 1.38 bits per heavy atom. The van der Waals surface area contributed by atoms with Crippen molar-refractivity contribution >= 4 is 17.6 Å². The highest BCUT2D eigenvalue weighted by Gasteiger charge is 2.31. The van der Waals surface area contributed by atoms with Gasteiger partial charge in [0.05, 0.1) is 42.8 Å². The maximum absolute atomic E-state index is 13.0. The second kappa shape index (κ2) is 12.4. The van der Waals surface area contributed by atoms with Crippen LogP contribution in [0.5, 0.6) is 0 Å². The molecule has 13 heteroatoms. The van der Waals surface area contributed by atoms with Crippen LogP contribution in [-0.4, -0.2) is 80.7 Å². The predicted octanol–water partition coefficient (Wildman–Crippen LogP) is 2.99. The van der Waals surface area contributed by atoms with Crippen molar-refractivity contribution in [3.05, 3.63) is 41.7 Å². The van der Waals surface area contributed by atoms with E-state index in [-0.39, 0.29) is 43.7 Å². The van der Waals surface area contributed by atoms with Gasteiger partial charge in [-0.25, -0.2) is 9.48 Å². The number of ether oxygens (including phenoxy) is 1. The number of carbonyl (C=O) groups is 2. The van der Waals surface area contributed by atoms with Crippen molar-refractivity contribution in [2.24, 2.45) is 5.92 Å². The number of carbonyl (C=O) groups excluding carboxylic acids is 2. The van der Waals surface area contributed by atoms with Gasteiger partial charge in [-0.1, -0.05) is 18.2 Å². The third kappa shape index (κ3) is 7.65. The Morgan fingerprint density at radius 3 is 2.84 bits per heavy atom. The molecule has 0 aliphatic carbocycles. The zero-order valence-electron chi connectivity index (χ0n) is 21.1. The number of amides is 3. The molecular weight excluding hydrogens is 493 g/mol. The molecule has 0 spiro atoms. The van der Waals surface area contributed by atoms with Gasteiger partial charge in [-0.2, -0.15) is 13.2 Å². The number of nitrogens with one attached hydrogen (secondary N) is 1. The summed E-state index contributed by atoms with van der Waals surface area (Å²) in [5.74, 6) is -0.351. The van der Waals surface area contributed by atoms with Gasteiger partial charge in [-0.15, -0.1) is 5.10 Å². The number of benzene rings is 1. The summed E-state index contributed by atoms with van der Waals surface area (Å²) >= 11 is 0. The minimum absolute atomic E-state index is 0.0165. The maximum atomic E-state index is 13.0. The van der Waals surface area contributed by atoms with Crippen LogP contribution >= 0.6 is 0 Å². The first kappa shape index (κ1) is 28.4. The lowest BCUT2D eigenvalue weighted by molar-refractivity contribution is -0.137. The molecule has 0 saturated heterocycles. The molecule has 1 aliphatic rings. The molecule has 0 saturated carbocycles. The first-order valence-corrected chi connectivity index (χ1v) is 12.1. The maximum Gasteiger partial charge on any atom is 0.416 e. The Morgan fingerprint density at radius 2 is 2.14 bits per heavy atom. The molecule has 2 N–H and O–H groups in total. The zero-order valence-corrected chi connectivity index (χ0v) is 21.1. The first-order chi connectivity index (χ1) is 17.5. The van der Waals surface area contributed by atoms with Crippen molar-refractivity contribution < 1.29 is 32.6 Å². The SMILES string of the molecule is C[C@H]1CN([C@@H](C)CO)C(=O)CCCn2nncc2CO[C@@H]1CN(C)C(=O)Nc1cccc(C(F)(F)F)c1. The van der Waals surface area contributed by atoms with E-state index in [0.717, 1.165) is 17.8 Å². The summed E-state index contributed by atoms with van der Waals surface area (Å²) in [6, 6.07) is 3.40. The van der Waals surface area contributed by atoms with Gasteiger partial charge >= 0.3 is 12.2 Å². The quantitative estimate of drug-likeness (QED) is 0.620. The van der Waals surface area contributed by atoms with E-state index in [4.69, 9.17) is 4.74 Å². The van der Waals surface area contributed by atoms with Crippen LogP contribution in [0.25, 0.3) is 0 Å². The Kier molecular flexibility index (Phi) is 9.49. The summed E-state index contributed by atoms with van der Waals surface area (Å²) in [5, 5.41) is 20.2. The number of rotatable bonds is 5. The van der Waals surface area contributed by atoms with E-state index >= 15 is 0 Å². The van der Waals surface area contributed by atoms with Crippen molar-refractivity contribution in [1.82, 2.24) is 24.8 Å². The summed E-state index contributed by atoms with van der Waals surface area (Å²) in [6.07, 6.45) is -2.65. The van der Waals surface area contributed by atoms with E-state index in [0.29, 0.717) is 19.5 Å². The lowest BCUT2D eigenvalue weighted by atomic mass is 10.0. The normalized spacial score (nSPS) is 20.4. The number of hydrogen-bond donors (Lipinski definition) is 2. The summed E-state index contributed by atoms with van der Waals surface area (Å²) in [7, 11) is 1.51. The lowest BCUT2D eigenvalue weighted by Crippen LogP contribution is -2.48. The lowest BCUT2D eigenvalue weighted by Gasteiger charge is -2.35. The van der Waals surface area contributed by atoms with Crippen molar-refractivity contribution in [2.45, 2.75) is 58.2 Å². The molecular formula is C24H33F3N6O4. The number of aliphatic hydroxyl groups excluding tert-OH is 1. The zero-order chi connectivity index (χ0) is 27.2. The molecule has 2 heterocycles. The fraction of sp³-hybridized carbons (Fsp3) is 0.583. The van der Waals surface area contributed by atoms with Crippen LogP contribution < -0.4 is 5.32 Å². The molecule has 0 bridgehead atoms. The van der Waals surface area contributed by atoms with Gasteiger partial charge in [0.2, 0.25) is 5.91 Å². The third-order valence-corrected chi connectivity index (χ3v) is 6.38. The van der Waals surface area contributed by atoms with Gasteiger partial charge in [0.15, 0.2) is 0 Å². The summed E-state index contributed by atoms with van der Waals surface area (Å²) in [5.41, 5.74) is -0.123. The number of likely N-dealkylation sites (N-methyl/N-ethyl adjacent to an activating group) is 1. The third-order valence-electron chi connectivity index (χ3n) is 6.38. The van der Waals surface area contributed by atoms with Crippen LogP contribution in [-0.2, 0) is 28.9 Å². The smallest absolute Gasteiger partial charge is 0.394 e. The monoisotopic (exact) mass is 526 g/mol. The van der Waals surface area contributed by atoms with Gasteiger partial charge in [-0.05, 0) is 31.5 Å². The molecule has 2 aromatic rings. The number of aromatic nitrogens is 3. The summed E-state index contributed by atoms with van der Waals surface area (Å²) in [4.78, 5) is 28.7. The van der Waals surface area contributed by atoms with Crippen LogP contribution in [0.4, 0.5) is 23.7 Å². The van der Waals surface area contributed by atoms with E-state index in [1.165, 1.54) is 24.1 Å². The van der Waals surface area contributed by atoms with Gasteiger partial charge in [0, 0.05) is 44.7 Å². The predicted molar refractivity (Wildman–Crippen MR) is 128 cm³/mol. The second-order valence-electron chi connectivity index (χ2n) is 9.35. The molecule has 3 amide bonds. The molecule has 1 aromatic heterocycles. The van der Waals surface area contributed by atoms with Crippen LogP contribution in [0.2, 0.25) is 0 Å². The number of aliphatic hydroxyl groups is 1. The van der Waals surface area contributed by atoms with Gasteiger partial charge in [0.25, 0.3) is 0 Å². The largest absolute Gasteiger partial charge is 0.416 e. The highest BCUT2D eigenvalue weighted by Crippen LogP contribution is 2.30. The number of nitrogens with zero attached hydrogens (tertiary/aromatic N) is 5. The summed E-state index contributed by atoms with van der Waals surface area (Å²) < 4.78 is 46.9. The van der Waals surface area contributed by atoms with E-state index in [1.54, 1.807) is 22.7 Å². The van der Waals surface area contributed by atoms with Gasteiger partial charge < -0.3 is 25.0 Å². The number of urea groups is 1. The van der Waals surface area contributed by atoms with E-state index in [1.807, 2.05) is 6.92 Å². The molecule has 1 aliphatic heterocycles. The summed E-state index contributed by atoms with van der Waals surface area (Å²) in [6.45, 7) is 4.50. The topological polar surface area (TPSA) is 113 Å². The number of halogens is 3. The molecule has 0 unspecified atom stereocenters. The molecule has 1 aromatic carbocycles. The first-order valence-electron chi connectivity index (χ1n) is 12.1. The Labute approximate surface area is 213 Å². The number of aryl methyl sites for hydroxylation is 1. The van der Waals surface area contributed by atoms with Crippen molar-refractivity contribution in [2.75, 3.05) is 32.1 Å². The minimum Gasteiger partial charge on any atom is -0.394 e. The van der Waals surface area contributed by atoms with Crippen LogP contribution in [0.3, 0.4) is 0 Å². The average molecular weight is 527 g/mol. The highest BCUT2D eigenvalue weighted by atomic mass is 19.4. The second-order valence-corrected chi connectivity index (χ2v) is 9.35. The molecule has 0 fully saturated rings.